The zero-order chi connectivity index (χ0) is 19.5. The lowest BCUT2D eigenvalue weighted by Gasteiger charge is -2.15. The van der Waals surface area contributed by atoms with Crippen molar-refractivity contribution in [3.8, 4) is 0 Å². The summed E-state index contributed by atoms with van der Waals surface area (Å²) in [5.74, 6) is -1.25. The predicted octanol–water partition coefficient (Wildman–Crippen LogP) is 5.26. The minimum atomic E-state index is -2.21. The Hall–Kier alpha value is -0.150. The fraction of sp³-hybridized carbons (Fsp3) is 0.905. The molecule has 0 amide bonds. The summed E-state index contributed by atoms with van der Waals surface area (Å²) < 4.78 is 11.7. The molecule has 0 radical (unpaired) electrons. The number of allylic oxidation sites excluding steroid dienone is 2. The fourth-order valence-electron chi connectivity index (χ4n) is 3.01. The molecule has 0 bridgehead atoms. The second-order valence-corrected chi connectivity index (χ2v) is 9.37. The van der Waals surface area contributed by atoms with Crippen molar-refractivity contribution in [2.24, 2.45) is 0 Å². The molecule has 0 spiro atoms. The first kappa shape index (κ1) is 25.9. The van der Waals surface area contributed by atoms with E-state index in [0.717, 1.165) is 19.3 Å². The van der Waals surface area contributed by atoms with Crippen LogP contribution in [0.5, 0.6) is 0 Å². The Morgan fingerprint density at radius 1 is 0.769 bits per heavy atom. The first-order valence-electron chi connectivity index (χ1n) is 10.8. The molecule has 0 aromatic heterocycles. The molecule has 0 rings (SSSR count). The van der Waals surface area contributed by atoms with Crippen molar-refractivity contribution in [3.05, 3.63) is 12.2 Å². The molecule has 0 fully saturated rings. The molecular weight excluding hydrogens is 347 g/mol. The number of rotatable bonds is 19. The van der Waals surface area contributed by atoms with E-state index in [1.54, 1.807) is 0 Å². The zero-order valence-corrected chi connectivity index (χ0v) is 17.9. The van der Waals surface area contributed by atoms with Crippen molar-refractivity contribution < 1.29 is 19.9 Å². The molecule has 0 aliphatic carbocycles. The molecule has 0 aliphatic rings. The molecule has 4 nitrogen and oxygen atoms in total. The number of hydrogen-bond acceptors (Lipinski definition) is 4. The van der Waals surface area contributed by atoms with Crippen molar-refractivity contribution >= 4 is 7.80 Å². The molecule has 3 unspecified atom stereocenters. The molecule has 5 heteroatoms. The topological polar surface area (TPSA) is 77.8 Å². The molecule has 0 aliphatic heterocycles. The van der Waals surface area contributed by atoms with Crippen LogP contribution in [0.3, 0.4) is 0 Å². The molecule has 0 aromatic carbocycles. The van der Waals surface area contributed by atoms with E-state index in [2.05, 4.69) is 19.1 Å². The zero-order valence-electron chi connectivity index (χ0n) is 16.9. The van der Waals surface area contributed by atoms with E-state index < -0.39 is 26.4 Å². The van der Waals surface area contributed by atoms with E-state index in [1.807, 2.05) is 0 Å². The van der Waals surface area contributed by atoms with Crippen LogP contribution in [-0.4, -0.2) is 40.0 Å². The Bertz CT molecular complexity index is 347. The van der Waals surface area contributed by atoms with Gasteiger partial charge in [0.05, 0.1) is 6.61 Å². The Morgan fingerprint density at radius 3 is 1.73 bits per heavy atom. The van der Waals surface area contributed by atoms with E-state index >= 15 is 0 Å². The van der Waals surface area contributed by atoms with Gasteiger partial charge in [-0.05, 0) is 32.1 Å². The number of unbranched alkanes of at least 4 members (excludes halogenated alkanes) is 12. The number of hydrogen-bond donors (Lipinski definition) is 3. The first-order valence-corrected chi connectivity index (χ1v) is 12.5. The third-order valence-corrected chi connectivity index (χ3v) is 6.71. The van der Waals surface area contributed by atoms with Crippen LogP contribution in [-0.2, 0) is 4.57 Å². The maximum Gasteiger partial charge on any atom is 0.132 e. The maximum absolute atomic E-state index is 11.7. The summed E-state index contributed by atoms with van der Waals surface area (Å²) in [5, 5.41) is 27.5. The van der Waals surface area contributed by atoms with Crippen molar-refractivity contribution in [1.29, 1.82) is 0 Å². The molecule has 0 saturated heterocycles. The highest BCUT2D eigenvalue weighted by atomic mass is 31.1. The minimum absolute atomic E-state index is 0.466. The van der Waals surface area contributed by atoms with E-state index in [4.69, 9.17) is 5.11 Å². The Kier molecular flexibility index (Phi) is 19.5. The third kappa shape index (κ3) is 16.1. The Labute approximate surface area is 161 Å². The summed E-state index contributed by atoms with van der Waals surface area (Å²) in [4.78, 5) is 0. The van der Waals surface area contributed by atoms with Gasteiger partial charge in [-0.2, -0.15) is 0 Å². The van der Waals surface area contributed by atoms with Gasteiger partial charge in [-0.25, -0.2) is 0 Å². The molecule has 3 atom stereocenters. The monoisotopic (exact) mass is 390 g/mol. The molecule has 0 heterocycles. The second kappa shape index (κ2) is 19.6. The first-order chi connectivity index (χ1) is 12.6. The normalized spacial score (nSPS) is 15.4. The van der Waals surface area contributed by atoms with Crippen molar-refractivity contribution in [1.82, 2.24) is 0 Å². The SMILES string of the molecule is CCCCCC/C=C/CCCCCCCCCC[PH](=O)C(O)C(O)CO. The van der Waals surface area contributed by atoms with Crippen LogP contribution >= 0.6 is 7.80 Å². The fourth-order valence-corrected chi connectivity index (χ4v) is 4.44. The van der Waals surface area contributed by atoms with Crippen LogP contribution in [0.15, 0.2) is 12.2 Å². The van der Waals surface area contributed by atoms with Crippen LogP contribution in [0.4, 0.5) is 0 Å². The Balaban J connectivity index is 3.29. The molecule has 3 N–H and O–H groups in total. The second-order valence-electron chi connectivity index (χ2n) is 7.35. The van der Waals surface area contributed by atoms with Crippen LogP contribution in [0.2, 0.25) is 0 Å². The van der Waals surface area contributed by atoms with Crippen LogP contribution in [0, 0.1) is 0 Å². The number of aliphatic hydroxyl groups excluding tert-OH is 3. The van der Waals surface area contributed by atoms with Crippen molar-refractivity contribution in [3.63, 3.8) is 0 Å². The van der Waals surface area contributed by atoms with Crippen molar-refractivity contribution in [2.75, 3.05) is 12.8 Å². The van der Waals surface area contributed by atoms with E-state index in [1.165, 1.54) is 70.6 Å². The third-order valence-electron chi connectivity index (χ3n) is 4.82. The van der Waals surface area contributed by atoms with Gasteiger partial charge >= 0.3 is 0 Å². The minimum Gasteiger partial charge on any atom is -0.394 e. The highest BCUT2D eigenvalue weighted by molar-refractivity contribution is 7.45. The van der Waals surface area contributed by atoms with Crippen molar-refractivity contribution in [2.45, 2.75) is 109 Å². The van der Waals surface area contributed by atoms with Gasteiger partial charge in [0.1, 0.15) is 19.8 Å². The van der Waals surface area contributed by atoms with E-state index in [9.17, 15) is 14.8 Å². The molecule has 26 heavy (non-hydrogen) atoms. The summed E-state index contributed by atoms with van der Waals surface area (Å²) in [6.07, 6.45) is 21.1. The highest BCUT2D eigenvalue weighted by Crippen LogP contribution is 2.30. The van der Waals surface area contributed by atoms with Crippen LogP contribution < -0.4 is 0 Å². The predicted molar refractivity (Wildman–Crippen MR) is 112 cm³/mol. The summed E-state index contributed by atoms with van der Waals surface area (Å²) in [7, 11) is -2.21. The average molecular weight is 391 g/mol. The molecule has 0 aromatic rings. The van der Waals surface area contributed by atoms with Gasteiger partial charge in [-0.1, -0.05) is 76.9 Å². The lowest BCUT2D eigenvalue weighted by atomic mass is 10.1. The average Bonchev–Trinajstić information content (AvgIpc) is 2.66. The Morgan fingerprint density at radius 2 is 1.23 bits per heavy atom. The van der Waals surface area contributed by atoms with Gasteiger partial charge in [0.2, 0.25) is 0 Å². The van der Waals surface area contributed by atoms with Gasteiger partial charge in [0, 0.05) is 6.16 Å². The standard InChI is InChI=1S/C21H43O4P/c1-2-3-4-5-6-7-8-9-10-11-12-13-14-15-16-17-18-26(25)21(24)20(23)19-22/h7-8,20-24,26H,2-6,9-19H2,1H3/b8-7+. The van der Waals surface area contributed by atoms with Crippen LogP contribution in [0.1, 0.15) is 96.8 Å². The largest absolute Gasteiger partial charge is 0.394 e. The summed E-state index contributed by atoms with van der Waals surface area (Å²) >= 11 is 0. The quantitative estimate of drug-likeness (QED) is 0.160. The lowest BCUT2D eigenvalue weighted by molar-refractivity contribution is 0.0245. The summed E-state index contributed by atoms with van der Waals surface area (Å²) in [5.41, 5.74) is 0. The van der Waals surface area contributed by atoms with Gasteiger partial charge in [-0.3, -0.25) is 0 Å². The summed E-state index contributed by atoms with van der Waals surface area (Å²) in [6, 6.07) is 0. The smallest absolute Gasteiger partial charge is 0.132 e. The lowest BCUT2D eigenvalue weighted by Crippen LogP contribution is -2.26. The van der Waals surface area contributed by atoms with E-state index in [-0.39, 0.29) is 0 Å². The molecule has 156 valence electrons. The molecular formula is C21H43O4P. The van der Waals surface area contributed by atoms with Gasteiger partial charge in [-0.15, -0.1) is 0 Å². The molecule has 0 saturated carbocycles. The maximum atomic E-state index is 11.7. The van der Waals surface area contributed by atoms with Gasteiger partial charge < -0.3 is 19.9 Å². The van der Waals surface area contributed by atoms with Crippen LogP contribution in [0.25, 0.3) is 0 Å². The van der Waals surface area contributed by atoms with Gasteiger partial charge in [0.15, 0.2) is 0 Å². The van der Waals surface area contributed by atoms with Gasteiger partial charge in [0.25, 0.3) is 0 Å². The van der Waals surface area contributed by atoms with E-state index in [0.29, 0.717) is 6.16 Å². The highest BCUT2D eigenvalue weighted by Gasteiger charge is 2.20. The summed E-state index contributed by atoms with van der Waals surface area (Å²) in [6.45, 7) is 1.71. The number of aliphatic hydroxyl groups is 3.